The molecular weight excluding hydrogens is 272 g/mol. The molecule has 4 nitrogen and oxygen atoms in total. The van der Waals surface area contributed by atoms with Crippen molar-refractivity contribution in [2.24, 2.45) is 5.92 Å². The second-order valence-corrected chi connectivity index (χ2v) is 7.85. The summed E-state index contributed by atoms with van der Waals surface area (Å²) in [6.07, 6.45) is 3.44. The van der Waals surface area contributed by atoms with Gasteiger partial charge in [-0.1, -0.05) is 34.6 Å². The van der Waals surface area contributed by atoms with Crippen molar-refractivity contribution in [3.63, 3.8) is 0 Å². The molecule has 0 heterocycles. The Morgan fingerprint density at radius 3 is 2.10 bits per heavy atom. The van der Waals surface area contributed by atoms with Crippen molar-refractivity contribution in [3.05, 3.63) is 0 Å². The van der Waals surface area contributed by atoms with Crippen LogP contribution >= 0.6 is 0 Å². The quantitative estimate of drug-likeness (QED) is 0.564. The van der Waals surface area contributed by atoms with E-state index in [4.69, 9.17) is 0 Å². The van der Waals surface area contributed by atoms with Gasteiger partial charge >= 0.3 is 0 Å². The second-order valence-electron chi connectivity index (χ2n) is 5.81. The Morgan fingerprint density at radius 1 is 1.05 bits per heavy atom. The zero-order chi connectivity index (χ0) is 15.6. The van der Waals surface area contributed by atoms with Gasteiger partial charge in [-0.15, -0.1) is 0 Å². The highest BCUT2D eigenvalue weighted by molar-refractivity contribution is 7.89. The van der Waals surface area contributed by atoms with Gasteiger partial charge in [0, 0.05) is 12.6 Å². The van der Waals surface area contributed by atoms with Crippen molar-refractivity contribution < 1.29 is 8.42 Å². The molecule has 5 heteroatoms. The highest BCUT2D eigenvalue weighted by Gasteiger charge is 2.27. The average Bonchev–Trinajstić information content (AvgIpc) is 2.38. The van der Waals surface area contributed by atoms with Gasteiger partial charge in [-0.25, -0.2) is 8.42 Å². The lowest BCUT2D eigenvalue weighted by Gasteiger charge is -2.31. The molecule has 122 valence electrons. The molecule has 0 aromatic heterocycles. The summed E-state index contributed by atoms with van der Waals surface area (Å²) >= 11 is 0. The van der Waals surface area contributed by atoms with Gasteiger partial charge in [0.15, 0.2) is 0 Å². The summed E-state index contributed by atoms with van der Waals surface area (Å²) in [4.78, 5) is 0. The Morgan fingerprint density at radius 2 is 1.65 bits per heavy atom. The van der Waals surface area contributed by atoms with Gasteiger partial charge in [0.05, 0.1) is 5.75 Å². The number of rotatable bonds is 12. The zero-order valence-corrected chi connectivity index (χ0v) is 14.8. The first-order valence-corrected chi connectivity index (χ1v) is 9.70. The van der Waals surface area contributed by atoms with Crippen molar-refractivity contribution in [1.29, 1.82) is 0 Å². The Kier molecular flexibility index (Phi) is 10.5. The Bertz CT molecular complexity index is 325. The molecular formula is C15H34N2O2S. The molecule has 0 radical (unpaired) electrons. The maximum Gasteiger partial charge on any atom is 0.214 e. The zero-order valence-electron chi connectivity index (χ0n) is 14.0. The van der Waals surface area contributed by atoms with E-state index >= 15 is 0 Å². The third kappa shape index (κ3) is 7.60. The molecule has 0 fully saturated rings. The van der Waals surface area contributed by atoms with Crippen molar-refractivity contribution in [2.45, 2.75) is 66.3 Å². The van der Waals surface area contributed by atoms with Crippen molar-refractivity contribution in [2.75, 3.05) is 25.4 Å². The SMILES string of the molecule is CCNCCCCS(=O)(=O)N(CC(C)C)C(CC)CC. The summed E-state index contributed by atoms with van der Waals surface area (Å²) in [5.74, 6) is 0.647. The Balaban J connectivity index is 4.60. The molecule has 0 amide bonds. The summed E-state index contributed by atoms with van der Waals surface area (Å²) in [6.45, 7) is 12.9. The van der Waals surface area contributed by atoms with Crippen LogP contribution in [0.15, 0.2) is 0 Å². The largest absolute Gasteiger partial charge is 0.317 e. The van der Waals surface area contributed by atoms with Crippen LogP contribution in [-0.2, 0) is 10.0 Å². The summed E-state index contributed by atoms with van der Waals surface area (Å²) in [5, 5.41) is 3.23. The first-order chi connectivity index (χ1) is 9.38. The third-order valence-corrected chi connectivity index (χ3v) is 5.47. The summed E-state index contributed by atoms with van der Waals surface area (Å²) in [6, 6.07) is 0.149. The van der Waals surface area contributed by atoms with Crippen molar-refractivity contribution in [1.82, 2.24) is 9.62 Å². The number of nitrogens with one attached hydrogen (secondary N) is 1. The fourth-order valence-corrected chi connectivity index (χ4v) is 4.46. The lowest BCUT2D eigenvalue weighted by atomic mass is 10.1. The van der Waals surface area contributed by atoms with E-state index in [9.17, 15) is 8.42 Å². The van der Waals surface area contributed by atoms with Gasteiger partial charge in [-0.3, -0.25) is 0 Å². The molecule has 0 aromatic rings. The normalized spacial score (nSPS) is 12.8. The van der Waals surface area contributed by atoms with Gasteiger partial charge < -0.3 is 5.32 Å². The van der Waals surface area contributed by atoms with Crippen LogP contribution in [0.4, 0.5) is 0 Å². The van der Waals surface area contributed by atoms with Crippen LogP contribution in [0.3, 0.4) is 0 Å². The molecule has 0 spiro atoms. The second kappa shape index (κ2) is 10.6. The summed E-state index contributed by atoms with van der Waals surface area (Å²) < 4.78 is 26.9. The molecule has 1 N–H and O–H groups in total. The summed E-state index contributed by atoms with van der Waals surface area (Å²) in [7, 11) is -3.12. The standard InChI is InChI=1S/C15H34N2O2S/c1-6-15(7-2)17(13-14(4)5)20(18,19)12-10-9-11-16-8-3/h14-16H,6-13H2,1-5H3. The minimum absolute atomic E-state index is 0.149. The minimum atomic E-state index is -3.12. The molecule has 0 rings (SSSR count). The van der Waals surface area contributed by atoms with E-state index in [2.05, 4.69) is 39.9 Å². The first kappa shape index (κ1) is 19.9. The van der Waals surface area contributed by atoms with Crippen molar-refractivity contribution in [3.8, 4) is 0 Å². The van der Waals surface area contributed by atoms with Gasteiger partial charge in [0.1, 0.15) is 0 Å². The number of hydrogen-bond donors (Lipinski definition) is 1. The number of nitrogens with zero attached hydrogens (tertiary/aromatic N) is 1. The van der Waals surface area contributed by atoms with Crippen LogP contribution in [-0.4, -0.2) is 44.2 Å². The fourth-order valence-electron chi connectivity index (χ4n) is 2.37. The molecule has 20 heavy (non-hydrogen) atoms. The van der Waals surface area contributed by atoms with E-state index in [0.29, 0.717) is 12.5 Å². The van der Waals surface area contributed by atoms with Gasteiger partial charge in [-0.2, -0.15) is 4.31 Å². The molecule has 0 unspecified atom stereocenters. The number of sulfonamides is 1. The molecule has 0 aromatic carbocycles. The Hall–Kier alpha value is -0.130. The molecule has 0 atom stereocenters. The third-order valence-electron chi connectivity index (χ3n) is 3.51. The van der Waals surface area contributed by atoms with Crippen LogP contribution in [0.2, 0.25) is 0 Å². The van der Waals surface area contributed by atoms with Crippen LogP contribution in [0.5, 0.6) is 0 Å². The lowest BCUT2D eigenvalue weighted by molar-refractivity contribution is 0.276. The minimum Gasteiger partial charge on any atom is -0.317 e. The predicted molar refractivity (Wildman–Crippen MR) is 87.5 cm³/mol. The highest BCUT2D eigenvalue weighted by atomic mass is 32.2. The average molecular weight is 307 g/mol. The molecule has 0 aliphatic heterocycles. The number of hydrogen-bond acceptors (Lipinski definition) is 3. The molecule has 0 saturated carbocycles. The van der Waals surface area contributed by atoms with E-state index < -0.39 is 10.0 Å². The maximum absolute atomic E-state index is 12.6. The fraction of sp³-hybridized carbons (Fsp3) is 1.00. The van der Waals surface area contributed by atoms with Gasteiger partial charge in [-0.05, 0) is 44.7 Å². The van der Waals surface area contributed by atoms with Crippen LogP contribution in [0.25, 0.3) is 0 Å². The van der Waals surface area contributed by atoms with Crippen LogP contribution < -0.4 is 5.32 Å². The lowest BCUT2D eigenvalue weighted by Crippen LogP contribution is -2.43. The first-order valence-electron chi connectivity index (χ1n) is 8.09. The molecule has 0 aliphatic carbocycles. The topological polar surface area (TPSA) is 49.4 Å². The summed E-state index contributed by atoms with van der Waals surface area (Å²) in [5.41, 5.74) is 0. The van der Waals surface area contributed by atoms with Crippen LogP contribution in [0, 0.1) is 5.92 Å². The highest BCUT2D eigenvalue weighted by Crippen LogP contribution is 2.17. The molecule has 0 bridgehead atoms. The predicted octanol–water partition coefficient (Wildman–Crippen LogP) is 2.85. The van der Waals surface area contributed by atoms with E-state index in [1.54, 1.807) is 4.31 Å². The molecule has 0 saturated heterocycles. The van der Waals surface area contributed by atoms with Gasteiger partial charge in [0.2, 0.25) is 10.0 Å². The van der Waals surface area contributed by atoms with E-state index in [0.717, 1.165) is 38.8 Å². The van der Waals surface area contributed by atoms with Crippen molar-refractivity contribution >= 4 is 10.0 Å². The monoisotopic (exact) mass is 306 g/mol. The van der Waals surface area contributed by atoms with E-state index in [1.165, 1.54) is 0 Å². The van der Waals surface area contributed by atoms with E-state index in [-0.39, 0.29) is 11.8 Å². The van der Waals surface area contributed by atoms with Gasteiger partial charge in [0.25, 0.3) is 0 Å². The maximum atomic E-state index is 12.6. The molecule has 0 aliphatic rings. The number of unbranched alkanes of at least 4 members (excludes halogenated alkanes) is 1. The van der Waals surface area contributed by atoms with E-state index in [1.807, 2.05) is 0 Å². The van der Waals surface area contributed by atoms with Crippen LogP contribution in [0.1, 0.15) is 60.3 Å². The smallest absolute Gasteiger partial charge is 0.214 e. The Labute approximate surface area is 126 Å².